The van der Waals surface area contributed by atoms with Gasteiger partial charge in [-0.1, -0.05) is 18.6 Å². The van der Waals surface area contributed by atoms with Gasteiger partial charge in [-0.2, -0.15) is 5.26 Å². The van der Waals surface area contributed by atoms with Crippen LogP contribution in [0.3, 0.4) is 0 Å². The second-order valence-electron chi connectivity index (χ2n) is 8.33. The highest BCUT2D eigenvalue weighted by molar-refractivity contribution is 7.16. The molecule has 164 valence electrons. The van der Waals surface area contributed by atoms with Gasteiger partial charge in [-0.25, -0.2) is 0 Å². The molecule has 1 aliphatic heterocycles. The molecule has 0 bridgehead atoms. The van der Waals surface area contributed by atoms with Gasteiger partial charge in [-0.3, -0.25) is 14.6 Å². The lowest BCUT2D eigenvalue weighted by molar-refractivity contribution is -0.117. The van der Waals surface area contributed by atoms with Crippen molar-refractivity contribution in [2.75, 3.05) is 45.2 Å². The summed E-state index contributed by atoms with van der Waals surface area (Å²) < 4.78 is 5.31. The van der Waals surface area contributed by atoms with Crippen LogP contribution >= 0.6 is 11.3 Å². The maximum atomic E-state index is 12.7. The first-order valence-corrected chi connectivity index (χ1v) is 11.9. The standard InChI is InChI=1S/C24H30N4O2S/c1-30-19-7-5-6-18(14-19)16-27-10-12-28(13-11-27)17-23(29)26-24-21(15-25)20-8-3-2-4-9-22(20)31-24/h5-7,14H,2-4,8-13,16-17H2,1H3,(H,26,29). The van der Waals surface area contributed by atoms with E-state index in [1.54, 1.807) is 18.4 Å². The molecule has 0 unspecified atom stereocenters. The van der Waals surface area contributed by atoms with Crippen LogP contribution in [-0.4, -0.2) is 55.5 Å². The number of rotatable bonds is 6. The third-order valence-corrected chi connectivity index (χ3v) is 7.37. The number of benzene rings is 1. The van der Waals surface area contributed by atoms with E-state index in [4.69, 9.17) is 4.74 Å². The van der Waals surface area contributed by atoms with Crippen molar-refractivity contribution in [1.82, 2.24) is 9.80 Å². The molecule has 0 radical (unpaired) electrons. The first-order chi connectivity index (χ1) is 15.2. The Bertz CT molecular complexity index is 957. The molecule has 1 aliphatic carbocycles. The van der Waals surface area contributed by atoms with Crippen molar-refractivity contribution in [2.24, 2.45) is 0 Å². The summed E-state index contributed by atoms with van der Waals surface area (Å²) in [4.78, 5) is 18.6. The van der Waals surface area contributed by atoms with Crippen molar-refractivity contribution in [1.29, 1.82) is 5.26 Å². The minimum atomic E-state index is -0.0193. The quantitative estimate of drug-likeness (QED) is 0.697. The second-order valence-corrected chi connectivity index (χ2v) is 9.44. The number of hydrogen-bond donors (Lipinski definition) is 1. The Hall–Kier alpha value is -2.40. The number of thiophene rings is 1. The van der Waals surface area contributed by atoms with Crippen LogP contribution in [0.4, 0.5) is 5.00 Å². The summed E-state index contributed by atoms with van der Waals surface area (Å²) >= 11 is 1.60. The van der Waals surface area contributed by atoms with Crippen molar-refractivity contribution in [2.45, 2.75) is 38.6 Å². The van der Waals surface area contributed by atoms with E-state index in [0.717, 1.165) is 62.7 Å². The molecule has 6 nitrogen and oxygen atoms in total. The van der Waals surface area contributed by atoms with Crippen LogP contribution in [0.25, 0.3) is 0 Å². The SMILES string of the molecule is COc1cccc(CN2CCN(CC(=O)Nc3sc4c(c3C#N)CCCCC4)CC2)c1. The Morgan fingerprint density at radius 1 is 1.16 bits per heavy atom. The monoisotopic (exact) mass is 438 g/mol. The molecule has 4 rings (SSSR count). The van der Waals surface area contributed by atoms with Gasteiger partial charge in [0.2, 0.25) is 5.91 Å². The summed E-state index contributed by atoms with van der Waals surface area (Å²) in [5, 5.41) is 13.4. The van der Waals surface area contributed by atoms with Gasteiger partial charge >= 0.3 is 0 Å². The topological polar surface area (TPSA) is 68.6 Å². The van der Waals surface area contributed by atoms with Crippen molar-refractivity contribution in [3.05, 3.63) is 45.8 Å². The molecule has 0 atom stereocenters. The van der Waals surface area contributed by atoms with E-state index < -0.39 is 0 Å². The molecular weight excluding hydrogens is 408 g/mol. The largest absolute Gasteiger partial charge is 0.497 e. The van der Waals surface area contributed by atoms with Crippen molar-refractivity contribution < 1.29 is 9.53 Å². The van der Waals surface area contributed by atoms with Gasteiger partial charge in [0.25, 0.3) is 0 Å². The van der Waals surface area contributed by atoms with Crippen LogP contribution in [0.5, 0.6) is 5.75 Å². The van der Waals surface area contributed by atoms with E-state index in [9.17, 15) is 10.1 Å². The smallest absolute Gasteiger partial charge is 0.239 e. The highest BCUT2D eigenvalue weighted by Gasteiger charge is 2.23. The van der Waals surface area contributed by atoms with Crippen molar-refractivity contribution in [3.8, 4) is 11.8 Å². The fourth-order valence-electron chi connectivity index (χ4n) is 4.45. The van der Waals surface area contributed by atoms with E-state index in [-0.39, 0.29) is 5.91 Å². The lowest BCUT2D eigenvalue weighted by Crippen LogP contribution is -2.48. The first kappa shape index (κ1) is 21.8. The molecule has 1 aromatic carbocycles. The molecule has 1 N–H and O–H groups in total. The van der Waals surface area contributed by atoms with Gasteiger partial charge in [0.15, 0.2) is 0 Å². The molecular formula is C24H30N4O2S. The molecule has 1 fully saturated rings. The molecule has 1 amide bonds. The van der Waals surface area contributed by atoms with E-state index in [2.05, 4.69) is 33.3 Å². The number of ether oxygens (including phenoxy) is 1. The minimum Gasteiger partial charge on any atom is -0.497 e. The lowest BCUT2D eigenvalue weighted by Gasteiger charge is -2.34. The number of nitrogens with one attached hydrogen (secondary N) is 1. The number of piperazine rings is 1. The predicted molar refractivity (Wildman–Crippen MR) is 124 cm³/mol. The molecule has 0 saturated carbocycles. The zero-order valence-corrected chi connectivity index (χ0v) is 19.0. The summed E-state index contributed by atoms with van der Waals surface area (Å²) in [5.74, 6) is 0.865. The number of carbonyl (C=O) groups is 1. The third-order valence-electron chi connectivity index (χ3n) is 6.16. The van der Waals surface area contributed by atoms with Gasteiger partial charge in [-0.15, -0.1) is 11.3 Å². The molecule has 2 aromatic rings. The van der Waals surface area contributed by atoms with Gasteiger partial charge < -0.3 is 10.1 Å². The van der Waals surface area contributed by atoms with Crippen LogP contribution in [0.15, 0.2) is 24.3 Å². The molecule has 31 heavy (non-hydrogen) atoms. The number of carbonyl (C=O) groups excluding carboxylic acids is 1. The average molecular weight is 439 g/mol. The first-order valence-electron chi connectivity index (χ1n) is 11.1. The fourth-order valence-corrected chi connectivity index (χ4v) is 5.71. The fraction of sp³-hybridized carbons (Fsp3) is 0.500. The molecule has 2 heterocycles. The molecule has 0 spiro atoms. The van der Waals surface area contributed by atoms with Crippen LogP contribution in [0, 0.1) is 11.3 Å². The Balaban J connectivity index is 1.28. The Kier molecular flexibility index (Phi) is 7.23. The van der Waals surface area contributed by atoms with E-state index in [1.165, 1.54) is 28.8 Å². The Morgan fingerprint density at radius 2 is 1.94 bits per heavy atom. The number of aryl methyl sites for hydroxylation is 1. The number of anilines is 1. The van der Waals surface area contributed by atoms with Gasteiger partial charge in [0.05, 0.1) is 19.2 Å². The molecule has 7 heteroatoms. The second kappa shape index (κ2) is 10.3. The summed E-state index contributed by atoms with van der Waals surface area (Å²) in [5.41, 5.74) is 3.11. The number of fused-ring (bicyclic) bond motifs is 1. The number of methoxy groups -OCH3 is 1. The van der Waals surface area contributed by atoms with Gasteiger partial charge in [-0.05, 0) is 48.9 Å². The van der Waals surface area contributed by atoms with Crippen LogP contribution in [-0.2, 0) is 24.2 Å². The normalized spacial score (nSPS) is 17.4. The number of amides is 1. The summed E-state index contributed by atoms with van der Waals surface area (Å²) in [6.07, 6.45) is 5.51. The van der Waals surface area contributed by atoms with E-state index in [0.29, 0.717) is 12.1 Å². The van der Waals surface area contributed by atoms with Gasteiger partial charge in [0, 0.05) is 37.6 Å². The maximum Gasteiger partial charge on any atom is 0.239 e. The van der Waals surface area contributed by atoms with Crippen LogP contribution < -0.4 is 10.1 Å². The van der Waals surface area contributed by atoms with Crippen molar-refractivity contribution >= 4 is 22.2 Å². The van der Waals surface area contributed by atoms with Crippen LogP contribution in [0.2, 0.25) is 0 Å². The summed E-state index contributed by atoms with van der Waals surface area (Å²) in [7, 11) is 1.69. The molecule has 1 aromatic heterocycles. The zero-order chi connectivity index (χ0) is 21.6. The Morgan fingerprint density at radius 3 is 2.71 bits per heavy atom. The number of nitrogens with zero attached hydrogens (tertiary/aromatic N) is 3. The van der Waals surface area contributed by atoms with Crippen LogP contribution in [0.1, 0.15) is 40.8 Å². The predicted octanol–water partition coefficient (Wildman–Crippen LogP) is 3.65. The molecule has 2 aliphatic rings. The van der Waals surface area contributed by atoms with Crippen molar-refractivity contribution in [3.63, 3.8) is 0 Å². The van der Waals surface area contributed by atoms with E-state index >= 15 is 0 Å². The minimum absolute atomic E-state index is 0.0193. The maximum absolute atomic E-state index is 12.7. The Labute approximate surface area is 188 Å². The average Bonchev–Trinajstić information content (AvgIpc) is 2.93. The van der Waals surface area contributed by atoms with Gasteiger partial charge in [0.1, 0.15) is 16.8 Å². The van der Waals surface area contributed by atoms with E-state index in [1.807, 2.05) is 12.1 Å². The highest BCUT2D eigenvalue weighted by atomic mass is 32.1. The third kappa shape index (κ3) is 5.45. The summed E-state index contributed by atoms with van der Waals surface area (Å²) in [6.45, 7) is 4.86. The summed E-state index contributed by atoms with van der Waals surface area (Å²) in [6, 6.07) is 10.5. The zero-order valence-electron chi connectivity index (χ0n) is 18.2. The highest BCUT2D eigenvalue weighted by Crippen LogP contribution is 2.36. The lowest BCUT2D eigenvalue weighted by atomic mass is 10.1. The number of nitriles is 1. The number of hydrogen-bond acceptors (Lipinski definition) is 6. The molecule has 1 saturated heterocycles.